The van der Waals surface area contributed by atoms with Crippen LogP contribution in [0.3, 0.4) is 0 Å². The second kappa shape index (κ2) is 7.39. The number of carbonyl (C=O) groups excluding carboxylic acids is 1. The predicted octanol–water partition coefficient (Wildman–Crippen LogP) is 2.76. The van der Waals surface area contributed by atoms with Gasteiger partial charge in [0.05, 0.1) is 6.54 Å². The Hall–Kier alpha value is -1.06. The maximum absolute atomic E-state index is 11.5. The zero-order chi connectivity index (χ0) is 13.5. The number of halogens is 1. The Morgan fingerprint density at radius 3 is 2.39 bits per heavy atom. The van der Waals surface area contributed by atoms with Crippen molar-refractivity contribution < 1.29 is 4.79 Å². The molecule has 0 heterocycles. The van der Waals surface area contributed by atoms with Gasteiger partial charge in [0, 0.05) is 17.6 Å². The van der Waals surface area contributed by atoms with E-state index in [9.17, 15) is 4.79 Å². The molecule has 1 aromatic rings. The fourth-order valence-electron chi connectivity index (χ4n) is 1.50. The van der Waals surface area contributed by atoms with Gasteiger partial charge in [-0.3, -0.25) is 4.79 Å². The number of carbonyl (C=O) groups is 1. The summed E-state index contributed by atoms with van der Waals surface area (Å²) in [6, 6.07) is 7.77. The SMILES string of the molecule is CC(C)CNC(=O)CN[C@@H](C)c1ccc(Cl)cc1. The van der Waals surface area contributed by atoms with Crippen LogP contribution in [0, 0.1) is 5.92 Å². The van der Waals surface area contributed by atoms with E-state index in [0.29, 0.717) is 12.5 Å². The lowest BCUT2D eigenvalue weighted by atomic mass is 10.1. The first-order valence-electron chi connectivity index (χ1n) is 6.24. The van der Waals surface area contributed by atoms with Gasteiger partial charge in [-0.05, 0) is 30.5 Å². The fourth-order valence-corrected chi connectivity index (χ4v) is 1.62. The lowest BCUT2D eigenvalue weighted by molar-refractivity contribution is -0.120. The molecule has 0 saturated carbocycles. The standard InChI is InChI=1S/C14H21ClN2O/c1-10(2)8-17-14(18)9-16-11(3)12-4-6-13(15)7-5-12/h4-7,10-11,16H,8-9H2,1-3H3,(H,17,18)/t11-/m0/s1. The van der Waals surface area contributed by atoms with Gasteiger partial charge in [0.25, 0.3) is 0 Å². The highest BCUT2D eigenvalue weighted by molar-refractivity contribution is 6.30. The number of benzene rings is 1. The van der Waals surface area contributed by atoms with Crippen LogP contribution in [-0.4, -0.2) is 19.0 Å². The third kappa shape index (κ3) is 5.52. The van der Waals surface area contributed by atoms with Gasteiger partial charge in [-0.1, -0.05) is 37.6 Å². The quantitative estimate of drug-likeness (QED) is 0.833. The molecule has 2 N–H and O–H groups in total. The van der Waals surface area contributed by atoms with E-state index in [1.165, 1.54) is 0 Å². The van der Waals surface area contributed by atoms with Crippen LogP contribution >= 0.6 is 11.6 Å². The molecule has 0 aromatic heterocycles. The van der Waals surface area contributed by atoms with Crippen molar-refractivity contribution in [2.75, 3.05) is 13.1 Å². The summed E-state index contributed by atoms with van der Waals surface area (Å²) in [6.45, 7) is 7.22. The number of hydrogen-bond donors (Lipinski definition) is 2. The Labute approximate surface area is 114 Å². The zero-order valence-corrected chi connectivity index (χ0v) is 11.9. The summed E-state index contributed by atoms with van der Waals surface area (Å²) in [6.07, 6.45) is 0. The molecule has 1 atom stereocenters. The van der Waals surface area contributed by atoms with E-state index in [1.54, 1.807) is 0 Å². The molecule has 0 bridgehead atoms. The van der Waals surface area contributed by atoms with Gasteiger partial charge in [-0.2, -0.15) is 0 Å². The molecule has 0 aliphatic carbocycles. The summed E-state index contributed by atoms with van der Waals surface area (Å²) < 4.78 is 0. The molecule has 3 nitrogen and oxygen atoms in total. The minimum Gasteiger partial charge on any atom is -0.355 e. The Balaban J connectivity index is 2.34. The van der Waals surface area contributed by atoms with Crippen molar-refractivity contribution in [2.24, 2.45) is 5.92 Å². The van der Waals surface area contributed by atoms with Crippen molar-refractivity contribution in [1.29, 1.82) is 0 Å². The molecule has 4 heteroatoms. The molecule has 0 unspecified atom stereocenters. The summed E-state index contributed by atoms with van der Waals surface area (Å²) in [5, 5.41) is 6.79. The van der Waals surface area contributed by atoms with Crippen LogP contribution in [0.4, 0.5) is 0 Å². The number of nitrogens with one attached hydrogen (secondary N) is 2. The van der Waals surface area contributed by atoms with E-state index in [2.05, 4.69) is 24.5 Å². The van der Waals surface area contributed by atoms with Crippen LogP contribution in [0.1, 0.15) is 32.4 Å². The largest absolute Gasteiger partial charge is 0.355 e. The smallest absolute Gasteiger partial charge is 0.233 e. The van der Waals surface area contributed by atoms with E-state index in [0.717, 1.165) is 17.1 Å². The van der Waals surface area contributed by atoms with Crippen LogP contribution < -0.4 is 10.6 Å². The minimum atomic E-state index is 0.0320. The van der Waals surface area contributed by atoms with Crippen LogP contribution in [-0.2, 0) is 4.79 Å². The van der Waals surface area contributed by atoms with Gasteiger partial charge in [-0.25, -0.2) is 0 Å². The van der Waals surface area contributed by atoms with E-state index >= 15 is 0 Å². The highest BCUT2D eigenvalue weighted by Crippen LogP contribution is 2.15. The summed E-state index contributed by atoms with van der Waals surface area (Å²) in [5.74, 6) is 0.507. The molecule has 0 fully saturated rings. The molecule has 18 heavy (non-hydrogen) atoms. The lowest BCUT2D eigenvalue weighted by Crippen LogP contribution is -2.36. The first-order valence-corrected chi connectivity index (χ1v) is 6.62. The molecule has 1 rings (SSSR count). The highest BCUT2D eigenvalue weighted by atomic mass is 35.5. The molecule has 0 aliphatic rings. The second-order valence-corrected chi connectivity index (χ2v) is 5.29. The van der Waals surface area contributed by atoms with Crippen LogP contribution in [0.2, 0.25) is 5.02 Å². The number of amides is 1. The topological polar surface area (TPSA) is 41.1 Å². The fraction of sp³-hybridized carbons (Fsp3) is 0.500. The minimum absolute atomic E-state index is 0.0320. The summed E-state index contributed by atoms with van der Waals surface area (Å²) in [4.78, 5) is 11.5. The Bertz CT molecular complexity index is 376. The molecular weight excluding hydrogens is 248 g/mol. The first-order chi connectivity index (χ1) is 8.49. The van der Waals surface area contributed by atoms with Gasteiger partial charge < -0.3 is 10.6 Å². The third-order valence-corrected chi connectivity index (χ3v) is 2.90. The second-order valence-electron chi connectivity index (χ2n) is 4.85. The molecule has 100 valence electrons. The van der Waals surface area contributed by atoms with Gasteiger partial charge >= 0.3 is 0 Å². The monoisotopic (exact) mass is 268 g/mol. The van der Waals surface area contributed by atoms with E-state index < -0.39 is 0 Å². The Kier molecular flexibility index (Phi) is 6.16. The molecule has 1 amide bonds. The van der Waals surface area contributed by atoms with Gasteiger partial charge in [0.1, 0.15) is 0 Å². The Morgan fingerprint density at radius 2 is 1.83 bits per heavy atom. The van der Waals surface area contributed by atoms with Crippen LogP contribution in [0.5, 0.6) is 0 Å². The lowest BCUT2D eigenvalue weighted by Gasteiger charge is -2.14. The van der Waals surface area contributed by atoms with E-state index in [1.807, 2.05) is 31.2 Å². The number of hydrogen-bond acceptors (Lipinski definition) is 2. The summed E-state index contributed by atoms with van der Waals surface area (Å²) in [7, 11) is 0. The van der Waals surface area contributed by atoms with Gasteiger partial charge in [0.15, 0.2) is 0 Å². The first kappa shape index (κ1) is 15.0. The van der Waals surface area contributed by atoms with Crippen LogP contribution in [0.25, 0.3) is 0 Å². The van der Waals surface area contributed by atoms with Crippen molar-refractivity contribution in [3.05, 3.63) is 34.9 Å². The molecule has 0 spiro atoms. The maximum atomic E-state index is 11.5. The maximum Gasteiger partial charge on any atom is 0.233 e. The van der Waals surface area contributed by atoms with Crippen molar-refractivity contribution >= 4 is 17.5 Å². The summed E-state index contributed by atoms with van der Waals surface area (Å²) in [5.41, 5.74) is 1.12. The highest BCUT2D eigenvalue weighted by Gasteiger charge is 2.07. The molecule has 0 saturated heterocycles. The summed E-state index contributed by atoms with van der Waals surface area (Å²) >= 11 is 5.83. The van der Waals surface area contributed by atoms with Gasteiger partial charge in [0.2, 0.25) is 5.91 Å². The normalized spacial score (nSPS) is 12.5. The third-order valence-electron chi connectivity index (χ3n) is 2.65. The molecule has 1 aromatic carbocycles. The average Bonchev–Trinajstić information content (AvgIpc) is 2.34. The van der Waals surface area contributed by atoms with E-state index in [4.69, 9.17) is 11.6 Å². The van der Waals surface area contributed by atoms with Gasteiger partial charge in [-0.15, -0.1) is 0 Å². The van der Waals surface area contributed by atoms with Crippen LogP contribution in [0.15, 0.2) is 24.3 Å². The predicted molar refractivity (Wildman–Crippen MR) is 75.7 cm³/mol. The molecule has 0 radical (unpaired) electrons. The van der Waals surface area contributed by atoms with Crippen molar-refractivity contribution in [3.63, 3.8) is 0 Å². The molecule has 0 aliphatic heterocycles. The molecular formula is C14H21ClN2O. The van der Waals surface area contributed by atoms with Crippen molar-refractivity contribution in [1.82, 2.24) is 10.6 Å². The van der Waals surface area contributed by atoms with Crippen molar-refractivity contribution in [2.45, 2.75) is 26.8 Å². The zero-order valence-electron chi connectivity index (χ0n) is 11.2. The Morgan fingerprint density at radius 1 is 1.22 bits per heavy atom. The number of rotatable bonds is 6. The van der Waals surface area contributed by atoms with Crippen molar-refractivity contribution in [3.8, 4) is 0 Å². The average molecular weight is 269 g/mol. The van der Waals surface area contributed by atoms with E-state index in [-0.39, 0.29) is 11.9 Å².